The van der Waals surface area contributed by atoms with Crippen LogP contribution in [0, 0.1) is 0 Å². The SMILES string of the molecule is COC1(c2ccccc2)C(=O)N(CCN2CCOCC2)c2ccccc21. The lowest BCUT2D eigenvalue weighted by Gasteiger charge is -2.30. The third kappa shape index (κ3) is 2.72. The summed E-state index contributed by atoms with van der Waals surface area (Å²) in [5.41, 5.74) is 1.66. The molecule has 1 saturated heterocycles. The van der Waals surface area contributed by atoms with Crippen molar-refractivity contribution in [1.82, 2.24) is 4.90 Å². The van der Waals surface area contributed by atoms with Crippen molar-refractivity contribution in [3.8, 4) is 0 Å². The maximum atomic E-state index is 13.5. The van der Waals surface area contributed by atoms with E-state index in [0.29, 0.717) is 6.54 Å². The summed E-state index contributed by atoms with van der Waals surface area (Å²) in [6.45, 7) is 4.83. The van der Waals surface area contributed by atoms with Gasteiger partial charge in [-0.25, -0.2) is 0 Å². The normalized spacial score (nSPS) is 23.3. The van der Waals surface area contributed by atoms with Gasteiger partial charge in [-0.2, -0.15) is 0 Å². The summed E-state index contributed by atoms with van der Waals surface area (Å²) in [5, 5.41) is 0. The zero-order chi connectivity index (χ0) is 18.0. The van der Waals surface area contributed by atoms with Crippen LogP contribution in [0.1, 0.15) is 11.1 Å². The van der Waals surface area contributed by atoms with E-state index in [0.717, 1.165) is 49.7 Å². The maximum Gasteiger partial charge on any atom is 0.268 e. The minimum absolute atomic E-state index is 0.0133. The molecule has 4 rings (SSSR count). The molecular weight excluding hydrogens is 328 g/mol. The summed E-state index contributed by atoms with van der Waals surface area (Å²) >= 11 is 0. The van der Waals surface area contributed by atoms with E-state index in [4.69, 9.17) is 9.47 Å². The molecule has 0 saturated carbocycles. The van der Waals surface area contributed by atoms with Gasteiger partial charge in [-0.15, -0.1) is 0 Å². The average Bonchev–Trinajstić information content (AvgIpc) is 2.96. The molecule has 136 valence electrons. The average molecular weight is 352 g/mol. The van der Waals surface area contributed by atoms with E-state index in [9.17, 15) is 4.79 Å². The number of hydrogen-bond acceptors (Lipinski definition) is 4. The van der Waals surface area contributed by atoms with Crippen LogP contribution >= 0.6 is 0 Å². The third-order valence-corrected chi connectivity index (χ3v) is 5.35. The number of hydrogen-bond donors (Lipinski definition) is 0. The molecule has 0 radical (unpaired) electrons. The van der Waals surface area contributed by atoms with Crippen molar-refractivity contribution >= 4 is 11.6 Å². The molecule has 0 aliphatic carbocycles. The smallest absolute Gasteiger partial charge is 0.268 e. The molecule has 1 fully saturated rings. The highest BCUT2D eigenvalue weighted by atomic mass is 16.5. The highest BCUT2D eigenvalue weighted by Crippen LogP contribution is 2.46. The van der Waals surface area contributed by atoms with Crippen LogP contribution in [-0.2, 0) is 19.9 Å². The number of para-hydroxylation sites is 1. The molecule has 0 aromatic heterocycles. The van der Waals surface area contributed by atoms with Crippen LogP contribution in [0.2, 0.25) is 0 Å². The van der Waals surface area contributed by atoms with Crippen molar-refractivity contribution in [3.05, 3.63) is 65.7 Å². The molecule has 5 nitrogen and oxygen atoms in total. The molecule has 0 bridgehead atoms. The quantitative estimate of drug-likeness (QED) is 0.828. The predicted molar refractivity (Wildman–Crippen MR) is 100 cm³/mol. The molecule has 5 heteroatoms. The van der Waals surface area contributed by atoms with E-state index >= 15 is 0 Å². The number of amides is 1. The van der Waals surface area contributed by atoms with Crippen molar-refractivity contribution in [2.24, 2.45) is 0 Å². The van der Waals surface area contributed by atoms with Crippen LogP contribution in [-0.4, -0.2) is 57.3 Å². The van der Waals surface area contributed by atoms with Crippen molar-refractivity contribution in [3.63, 3.8) is 0 Å². The summed E-state index contributed by atoms with van der Waals surface area (Å²) in [7, 11) is 1.62. The summed E-state index contributed by atoms with van der Waals surface area (Å²) < 4.78 is 11.3. The Hall–Kier alpha value is -2.21. The number of fused-ring (bicyclic) bond motifs is 1. The Morgan fingerprint density at radius 2 is 1.69 bits per heavy atom. The van der Waals surface area contributed by atoms with Crippen molar-refractivity contribution in [1.29, 1.82) is 0 Å². The summed E-state index contributed by atoms with van der Waals surface area (Å²) in [5.74, 6) is -0.0133. The number of nitrogens with zero attached hydrogens (tertiary/aromatic N) is 2. The van der Waals surface area contributed by atoms with Gasteiger partial charge in [0, 0.05) is 38.9 Å². The van der Waals surface area contributed by atoms with Gasteiger partial charge < -0.3 is 14.4 Å². The molecule has 2 heterocycles. The number of morpholine rings is 1. The number of anilines is 1. The van der Waals surface area contributed by atoms with Gasteiger partial charge in [0.2, 0.25) is 0 Å². The van der Waals surface area contributed by atoms with E-state index in [1.54, 1.807) is 7.11 Å². The number of rotatable bonds is 5. The molecule has 2 aliphatic rings. The molecule has 1 unspecified atom stereocenters. The van der Waals surface area contributed by atoms with E-state index in [2.05, 4.69) is 4.90 Å². The zero-order valence-electron chi connectivity index (χ0n) is 15.1. The summed E-state index contributed by atoms with van der Waals surface area (Å²) in [4.78, 5) is 17.8. The molecule has 1 atom stereocenters. The second kappa shape index (κ2) is 7.19. The first-order valence-electron chi connectivity index (χ1n) is 9.09. The Bertz CT molecular complexity index is 774. The fourth-order valence-electron chi connectivity index (χ4n) is 3.98. The van der Waals surface area contributed by atoms with Crippen LogP contribution in [0.4, 0.5) is 5.69 Å². The number of benzene rings is 2. The Morgan fingerprint density at radius 3 is 2.42 bits per heavy atom. The monoisotopic (exact) mass is 352 g/mol. The molecule has 0 N–H and O–H groups in total. The van der Waals surface area contributed by atoms with Crippen molar-refractivity contribution in [2.45, 2.75) is 5.60 Å². The summed E-state index contributed by atoms with van der Waals surface area (Å²) in [6, 6.07) is 17.7. The number of methoxy groups -OCH3 is 1. The minimum Gasteiger partial charge on any atom is -0.379 e. The Labute approximate surface area is 154 Å². The lowest BCUT2D eigenvalue weighted by molar-refractivity contribution is -0.135. The lowest BCUT2D eigenvalue weighted by Crippen LogP contribution is -2.46. The Kier molecular flexibility index (Phi) is 4.76. The fraction of sp³-hybridized carbons (Fsp3) is 0.381. The Morgan fingerprint density at radius 1 is 1.00 bits per heavy atom. The molecule has 2 aromatic carbocycles. The van der Waals surface area contributed by atoms with E-state index in [-0.39, 0.29) is 5.91 Å². The van der Waals surface area contributed by atoms with Gasteiger partial charge in [-0.1, -0.05) is 48.5 Å². The highest BCUT2D eigenvalue weighted by molar-refractivity contribution is 6.09. The van der Waals surface area contributed by atoms with Gasteiger partial charge in [0.25, 0.3) is 5.91 Å². The molecule has 1 amide bonds. The highest BCUT2D eigenvalue weighted by Gasteiger charge is 2.52. The zero-order valence-corrected chi connectivity index (χ0v) is 15.1. The Balaban J connectivity index is 1.68. The number of carbonyl (C=O) groups is 1. The van der Waals surface area contributed by atoms with Gasteiger partial charge >= 0.3 is 0 Å². The fourth-order valence-corrected chi connectivity index (χ4v) is 3.98. The molecule has 26 heavy (non-hydrogen) atoms. The molecule has 2 aromatic rings. The first kappa shape index (κ1) is 17.2. The summed E-state index contributed by atoms with van der Waals surface area (Å²) in [6.07, 6.45) is 0. The van der Waals surface area contributed by atoms with E-state index in [1.807, 2.05) is 59.5 Å². The van der Waals surface area contributed by atoms with E-state index in [1.165, 1.54) is 0 Å². The lowest BCUT2D eigenvalue weighted by atomic mass is 9.87. The van der Waals surface area contributed by atoms with Gasteiger partial charge in [0.15, 0.2) is 5.60 Å². The first-order chi connectivity index (χ1) is 12.8. The van der Waals surface area contributed by atoms with E-state index < -0.39 is 5.60 Å². The van der Waals surface area contributed by atoms with Gasteiger partial charge in [0.05, 0.1) is 18.9 Å². The number of ether oxygens (including phenoxy) is 2. The molecule has 2 aliphatic heterocycles. The topological polar surface area (TPSA) is 42.0 Å². The second-order valence-corrected chi connectivity index (χ2v) is 6.68. The third-order valence-electron chi connectivity index (χ3n) is 5.35. The van der Waals surface area contributed by atoms with Crippen LogP contribution in [0.25, 0.3) is 0 Å². The van der Waals surface area contributed by atoms with Crippen molar-refractivity contribution in [2.75, 3.05) is 51.4 Å². The molecule has 0 spiro atoms. The van der Waals surface area contributed by atoms with Crippen LogP contribution in [0.3, 0.4) is 0 Å². The predicted octanol–water partition coefficient (Wildman–Crippen LogP) is 2.26. The maximum absolute atomic E-state index is 13.5. The first-order valence-corrected chi connectivity index (χ1v) is 9.09. The van der Waals surface area contributed by atoms with Gasteiger partial charge in [-0.3, -0.25) is 9.69 Å². The second-order valence-electron chi connectivity index (χ2n) is 6.68. The van der Waals surface area contributed by atoms with Crippen LogP contribution < -0.4 is 4.90 Å². The number of carbonyl (C=O) groups excluding carboxylic acids is 1. The van der Waals surface area contributed by atoms with Gasteiger partial charge in [-0.05, 0) is 11.6 Å². The molecular formula is C21H24N2O3. The van der Waals surface area contributed by atoms with Crippen LogP contribution in [0.5, 0.6) is 0 Å². The van der Waals surface area contributed by atoms with Crippen molar-refractivity contribution < 1.29 is 14.3 Å². The largest absolute Gasteiger partial charge is 0.379 e. The van der Waals surface area contributed by atoms with Crippen LogP contribution in [0.15, 0.2) is 54.6 Å². The minimum atomic E-state index is -1.07. The van der Waals surface area contributed by atoms with Gasteiger partial charge in [0.1, 0.15) is 0 Å². The standard InChI is InChI=1S/C21H24N2O3/c1-25-21(17-7-3-2-4-8-17)18-9-5-6-10-19(18)23(20(21)24)12-11-22-13-15-26-16-14-22/h2-10H,11-16H2,1H3.